The molecule has 0 aliphatic heterocycles. The Hall–Kier alpha value is -5.47. The number of benzene rings is 2. The molecule has 172 valence electrons. The first-order valence-corrected chi connectivity index (χ1v) is 9.07. The number of nitro groups is 4. The predicted octanol–water partition coefficient (Wildman–Crippen LogP) is 4.03. The van der Waals surface area contributed by atoms with Gasteiger partial charge in [0.15, 0.2) is 0 Å². The highest BCUT2D eigenvalue weighted by Crippen LogP contribution is 2.39. The Kier molecular flexibility index (Phi) is 6.38. The van der Waals surface area contributed by atoms with Gasteiger partial charge in [-0.25, -0.2) is 4.98 Å². The van der Waals surface area contributed by atoms with Crippen LogP contribution >= 0.6 is 0 Å². The molecule has 4 aromatic rings. The maximum atomic E-state index is 10.7. The summed E-state index contributed by atoms with van der Waals surface area (Å²) in [7, 11) is 0. The lowest BCUT2D eigenvalue weighted by Crippen LogP contribution is -1.97. The van der Waals surface area contributed by atoms with Gasteiger partial charge < -0.3 is 9.51 Å². The number of pyridine rings is 1. The van der Waals surface area contributed by atoms with E-state index in [9.17, 15) is 40.5 Å². The van der Waals surface area contributed by atoms with E-state index in [0.717, 1.165) is 16.9 Å². The number of non-ortho nitro benzene ring substituents is 2. The number of fused-ring (bicyclic) bond motifs is 1. The molecule has 2 aromatic heterocycles. The minimum atomic E-state index is -1.21. The van der Waals surface area contributed by atoms with E-state index in [1.54, 1.807) is 6.07 Å². The van der Waals surface area contributed by atoms with Gasteiger partial charge in [-0.2, -0.15) is 0 Å². The van der Waals surface area contributed by atoms with Gasteiger partial charge in [-0.05, 0) is 12.1 Å². The van der Waals surface area contributed by atoms with E-state index in [4.69, 9.17) is 5.11 Å². The molecule has 2 aromatic carbocycles. The summed E-state index contributed by atoms with van der Waals surface area (Å²) in [4.78, 5) is 42.5. The van der Waals surface area contributed by atoms with Crippen molar-refractivity contribution in [2.75, 3.05) is 0 Å². The van der Waals surface area contributed by atoms with Crippen molar-refractivity contribution in [3.05, 3.63) is 107 Å². The molecular formula is C19H12N6O9. The highest BCUT2D eigenvalue weighted by atomic mass is 16.6. The Morgan fingerprint density at radius 2 is 1.35 bits per heavy atom. The largest absolute Gasteiger partial charge is 0.497 e. The van der Waals surface area contributed by atoms with E-state index in [2.05, 4.69) is 4.98 Å². The molecule has 15 nitrogen and oxygen atoms in total. The van der Waals surface area contributed by atoms with Crippen molar-refractivity contribution in [3.63, 3.8) is 0 Å². The number of aromatic nitrogens is 2. The summed E-state index contributed by atoms with van der Waals surface area (Å²) in [6.45, 7) is 0. The Morgan fingerprint density at radius 1 is 0.735 bits per heavy atom. The van der Waals surface area contributed by atoms with Crippen molar-refractivity contribution in [3.8, 4) is 17.0 Å². The van der Waals surface area contributed by atoms with Gasteiger partial charge in [0.05, 0.1) is 37.5 Å². The molecule has 0 saturated carbocycles. The Bertz CT molecular complexity index is 1380. The Morgan fingerprint density at radius 3 is 1.88 bits per heavy atom. The zero-order valence-electron chi connectivity index (χ0n) is 16.7. The molecule has 0 aliphatic carbocycles. The fourth-order valence-electron chi connectivity index (χ4n) is 2.83. The summed E-state index contributed by atoms with van der Waals surface area (Å²) in [5.41, 5.74) is -0.639. The summed E-state index contributed by atoms with van der Waals surface area (Å²) in [6, 6.07) is 13.1. The van der Waals surface area contributed by atoms with Gasteiger partial charge in [0.25, 0.3) is 17.1 Å². The van der Waals surface area contributed by atoms with Gasteiger partial charge >= 0.3 is 11.4 Å². The van der Waals surface area contributed by atoms with Crippen LogP contribution in [0.25, 0.3) is 16.9 Å². The van der Waals surface area contributed by atoms with Crippen LogP contribution in [0.4, 0.5) is 22.7 Å². The number of aromatic hydroxyl groups is 1. The van der Waals surface area contributed by atoms with Crippen LogP contribution in [-0.4, -0.2) is 34.2 Å². The first-order valence-electron chi connectivity index (χ1n) is 9.07. The second kappa shape index (κ2) is 9.35. The average molecular weight is 468 g/mol. The first-order chi connectivity index (χ1) is 16.1. The lowest BCUT2D eigenvalue weighted by molar-refractivity contribution is -0.404. The van der Waals surface area contributed by atoms with Gasteiger partial charge in [-0.15, -0.1) is 0 Å². The van der Waals surface area contributed by atoms with E-state index in [-0.39, 0.29) is 5.69 Å². The predicted molar refractivity (Wildman–Crippen MR) is 115 cm³/mol. The average Bonchev–Trinajstić information content (AvgIpc) is 3.23. The van der Waals surface area contributed by atoms with E-state index in [1.165, 1.54) is 12.1 Å². The van der Waals surface area contributed by atoms with Crippen LogP contribution in [0.3, 0.4) is 0 Å². The molecule has 0 radical (unpaired) electrons. The number of phenolic OH excluding ortho intramolecular Hbond substituents is 1. The van der Waals surface area contributed by atoms with E-state index < -0.39 is 42.5 Å². The van der Waals surface area contributed by atoms with Crippen molar-refractivity contribution in [1.82, 2.24) is 9.38 Å². The van der Waals surface area contributed by atoms with E-state index in [0.29, 0.717) is 12.1 Å². The SMILES string of the molecule is O=[N+]([O-])c1cc([N+](=O)[O-])c(O)c([N+](=O)[O-])c1.O=[N+]([O-])c1cccc(-c2cn3ccccc3n2)c1. The normalized spacial score (nSPS) is 10.2. The van der Waals surface area contributed by atoms with Crippen LogP contribution in [0, 0.1) is 40.5 Å². The van der Waals surface area contributed by atoms with Crippen LogP contribution in [0.2, 0.25) is 0 Å². The van der Waals surface area contributed by atoms with Crippen molar-refractivity contribution in [1.29, 1.82) is 0 Å². The van der Waals surface area contributed by atoms with Crippen LogP contribution in [0.15, 0.2) is 67.0 Å². The second-order valence-electron chi connectivity index (χ2n) is 6.50. The quantitative estimate of drug-likeness (QED) is 0.328. The third-order valence-electron chi connectivity index (χ3n) is 4.38. The molecule has 4 rings (SSSR count). The molecule has 1 N–H and O–H groups in total. The summed E-state index contributed by atoms with van der Waals surface area (Å²) in [6.07, 6.45) is 3.75. The lowest BCUT2D eigenvalue weighted by atomic mass is 10.1. The summed E-state index contributed by atoms with van der Waals surface area (Å²) < 4.78 is 1.88. The number of nitro benzene ring substituents is 4. The number of phenols is 1. The zero-order valence-corrected chi connectivity index (χ0v) is 16.7. The lowest BCUT2D eigenvalue weighted by Gasteiger charge is -1.97. The molecule has 34 heavy (non-hydrogen) atoms. The van der Waals surface area contributed by atoms with Crippen LogP contribution in [0.1, 0.15) is 0 Å². The molecular weight excluding hydrogens is 456 g/mol. The molecule has 0 atom stereocenters. The molecule has 0 aliphatic rings. The number of rotatable bonds is 5. The zero-order chi connectivity index (χ0) is 25.0. The minimum absolute atomic E-state index is 0.0737. The van der Waals surface area contributed by atoms with E-state index in [1.807, 2.05) is 41.1 Å². The Labute approximate surface area is 187 Å². The van der Waals surface area contributed by atoms with Crippen LogP contribution in [-0.2, 0) is 0 Å². The maximum absolute atomic E-state index is 10.7. The molecule has 15 heteroatoms. The standard InChI is InChI=1S/C13H9N3O2.C6H3N3O7/c17-16(18)11-5-3-4-10(8-11)12-9-15-7-2-1-6-13(15)14-12;10-6-4(8(13)14)1-3(7(11)12)2-5(6)9(15)16/h1-9H;1-2,10H. The van der Waals surface area contributed by atoms with Crippen LogP contribution < -0.4 is 0 Å². The fraction of sp³-hybridized carbons (Fsp3) is 0. The van der Waals surface area contributed by atoms with Gasteiger partial charge in [-0.3, -0.25) is 40.5 Å². The van der Waals surface area contributed by atoms with E-state index >= 15 is 0 Å². The molecule has 0 unspecified atom stereocenters. The molecule has 0 amide bonds. The van der Waals surface area contributed by atoms with Crippen LogP contribution in [0.5, 0.6) is 5.75 Å². The second-order valence-corrected chi connectivity index (χ2v) is 6.50. The third-order valence-corrected chi connectivity index (χ3v) is 4.38. The highest BCUT2D eigenvalue weighted by molar-refractivity contribution is 5.65. The van der Waals surface area contributed by atoms with Gasteiger partial charge in [-0.1, -0.05) is 18.2 Å². The maximum Gasteiger partial charge on any atom is 0.324 e. The Balaban J connectivity index is 0.000000192. The van der Waals surface area contributed by atoms with Crippen molar-refractivity contribution in [2.45, 2.75) is 0 Å². The highest BCUT2D eigenvalue weighted by Gasteiger charge is 2.30. The van der Waals surface area contributed by atoms with Gasteiger partial charge in [0.1, 0.15) is 5.65 Å². The molecule has 2 heterocycles. The van der Waals surface area contributed by atoms with Crippen molar-refractivity contribution in [2.24, 2.45) is 0 Å². The van der Waals surface area contributed by atoms with Crippen molar-refractivity contribution >= 4 is 28.4 Å². The fourth-order valence-corrected chi connectivity index (χ4v) is 2.83. The smallest absolute Gasteiger partial charge is 0.324 e. The summed E-state index contributed by atoms with van der Waals surface area (Å²) in [5, 5.41) is 51.0. The first kappa shape index (κ1) is 23.2. The number of nitrogens with zero attached hydrogens (tertiary/aromatic N) is 6. The monoisotopic (exact) mass is 468 g/mol. The van der Waals surface area contributed by atoms with Gasteiger partial charge in [0.2, 0.25) is 0 Å². The van der Waals surface area contributed by atoms with Gasteiger partial charge in [0, 0.05) is 30.1 Å². The molecule has 0 bridgehead atoms. The molecule has 0 fully saturated rings. The number of hydrogen-bond acceptors (Lipinski definition) is 10. The number of imidazole rings is 1. The summed E-state index contributed by atoms with van der Waals surface area (Å²) in [5.74, 6) is -1.21. The molecule has 0 spiro atoms. The topological polar surface area (TPSA) is 210 Å². The summed E-state index contributed by atoms with van der Waals surface area (Å²) >= 11 is 0. The molecule has 0 saturated heterocycles. The number of hydrogen-bond donors (Lipinski definition) is 1. The third kappa shape index (κ3) is 4.88. The minimum Gasteiger partial charge on any atom is -0.497 e. The van der Waals surface area contributed by atoms with Crippen molar-refractivity contribution < 1.29 is 24.8 Å².